The van der Waals surface area contributed by atoms with E-state index in [1.54, 1.807) is 6.20 Å². The number of hydrogen-bond donors (Lipinski definition) is 2. The second-order valence-corrected chi connectivity index (χ2v) is 5.78. The molecule has 19 heavy (non-hydrogen) atoms. The fourth-order valence-corrected chi connectivity index (χ4v) is 3.29. The first kappa shape index (κ1) is 12.6. The van der Waals surface area contributed by atoms with Crippen molar-refractivity contribution in [3.8, 4) is 0 Å². The maximum atomic E-state index is 12.2. The van der Waals surface area contributed by atoms with Gasteiger partial charge in [-0.3, -0.25) is 9.78 Å². The number of nitrogens with zero attached hydrogens (tertiary/aromatic N) is 1. The van der Waals surface area contributed by atoms with Gasteiger partial charge in [-0.1, -0.05) is 12.8 Å². The molecule has 1 aliphatic carbocycles. The molecule has 102 valence electrons. The lowest BCUT2D eigenvalue weighted by Crippen LogP contribution is -2.39. The first-order chi connectivity index (χ1) is 9.22. The summed E-state index contributed by atoms with van der Waals surface area (Å²) in [6.45, 7) is 1.94. The summed E-state index contributed by atoms with van der Waals surface area (Å²) < 4.78 is 0. The highest BCUT2D eigenvalue weighted by molar-refractivity contribution is 5.94. The van der Waals surface area contributed by atoms with Crippen LogP contribution in [-0.4, -0.2) is 23.0 Å². The summed E-state index contributed by atoms with van der Waals surface area (Å²) in [7, 11) is 0. The van der Waals surface area contributed by atoms with Crippen molar-refractivity contribution in [3.05, 3.63) is 24.0 Å². The molecular weight excluding hydrogens is 238 g/mol. The van der Waals surface area contributed by atoms with Crippen molar-refractivity contribution in [2.24, 2.45) is 5.92 Å². The van der Waals surface area contributed by atoms with Gasteiger partial charge in [-0.05, 0) is 44.2 Å². The van der Waals surface area contributed by atoms with E-state index < -0.39 is 0 Å². The standard InChI is InChI=1S/C15H21N3O/c1-10-6-7-12(9-16-10)17-15(19)14-8-11-4-2-3-5-13(11)18-14/h6-7,9,11,13-14,18H,2-5,8H2,1H3,(H,17,19). The summed E-state index contributed by atoms with van der Waals surface area (Å²) in [6.07, 6.45) is 7.81. The quantitative estimate of drug-likeness (QED) is 0.856. The Balaban J connectivity index is 1.60. The summed E-state index contributed by atoms with van der Waals surface area (Å²) in [5, 5.41) is 6.45. The number of fused-ring (bicyclic) bond motifs is 1. The van der Waals surface area contributed by atoms with E-state index in [9.17, 15) is 4.79 Å². The first-order valence-electron chi connectivity index (χ1n) is 7.22. The predicted octanol–water partition coefficient (Wildman–Crippen LogP) is 2.25. The normalized spacial score (nSPS) is 29.8. The molecule has 1 aliphatic heterocycles. The summed E-state index contributed by atoms with van der Waals surface area (Å²) >= 11 is 0. The lowest BCUT2D eigenvalue weighted by atomic mass is 9.85. The molecule has 4 heteroatoms. The van der Waals surface area contributed by atoms with Gasteiger partial charge in [-0.25, -0.2) is 0 Å². The number of pyridine rings is 1. The van der Waals surface area contributed by atoms with Crippen LogP contribution in [0.15, 0.2) is 18.3 Å². The topological polar surface area (TPSA) is 54.0 Å². The number of carbonyl (C=O) groups is 1. The fraction of sp³-hybridized carbons (Fsp3) is 0.600. The molecule has 4 nitrogen and oxygen atoms in total. The van der Waals surface area contributed by atoms with Crippen molar-refractivity contribution in [1.82, 2.24) is 10.3 Å². The molecule has 2 N–H and O–H groups in total. The first-order valence-corrected chi connectivity index (χ1v) is 7.22. The molecule has 0 bridgehead atoms. The van der Waals surface area contributed by atoms with Crippen LogP contribution in [0.4, 0.5) is 5.69 Å². The van der Waals surface area contributed by atoms with Gasteiger partial charge in [0, 0.05) is 11.7 Å². The summed E-state index contributed by atoms with van der Waals surface area (Å²) in [4.78, 5) is 16.4. The number of anilines is 1. The van der Waals surface area contributed by atoms with Crippen LogP contribution in [0.2, 0.25) is 0 Å². The van der Waals surface area contributed by atoms with E-state index in [0.717, 1.165) is 17.8 Å². The van der Waals surface area contributed by atoms with E-state index in [1.807, 2.05) is 19.1 Å². The lowest BCUT2D eigenvalue weighted by molar-refractivity contribution is -0.117. The van der Waals surface area contributed by atoms with Gasteiger partial charge in [0.05, 0.1) is 17.9 Å². The lowest BCUT2D eigenvalue weighted by Gasteiger charge is -2.24. The van der Waals surface area contributed by atoms with Crippen molar-refractivity contribution in [2.75, 3.05) is 5.32 Å². The van der Waals surface area contributed by atoms with E-state index in [1.165, 1.54) is 25.7 Å². The van der Waals surface area contributed by atoms with Gasteiger partial charge >= 0.3 is 0 Å². The smallest absolute Gasteiger partial charge is 0.241 e. The van der Waals surface area contributed by atoms with Gasteiger partial charge in [0.2, 0.25) is 5.91 Å². The van der Waals surface area contributed by atoms with E-state index in [0.29, 0.717) is 12.0 Å². The van der Waals surface area contributed by atoms with Gasteiger partial charge in [-0.2, -0.15) is 0 Å². The number of amides is 1. The Kier molecular flexibility index (Phi) is 3.51. The number of rotatable bonds is 2. The zero-order valence-corrected chi connectivity index (χ0v) is 11.4. The summed E-state index contributed by atoms with van der Waals surface area (Å²) in [5.74, 6) is 0.778. The molecular formula is C15H21N3O. The summed E-state index contributed by atoms with van der Waals surface area (Å²) in [5.41, 5.74) is 1.75. The number of hydrogen-bond acceptors (Lipinski definition) is 3. The third-order valence-corrected chi connectivity index (χ3v) is 4.36. The predicted molar refractivity (Wildman–Crippen MR) is 74.9 cm³/mol. The molecule has 3 unspecified atom stereocenters. The Hall–Kier alpha value is -1.42. The van der Waals surface area contributed by atoms with Crippen LogP contribution < -0.4 is 10.6 Å². The fourth-order valence-electron chi connectivity index (χ4n) is 3.29. The van der Waals surface area contributed by atoms with Crippen LogP contribution in [0.1, 0.15) is 37.8 Å². The van der Waals surface area contributed by atoms with Crippen molar-refractivity contribution < 1.29 is 4.79 Å². The van der Waals surface area contributed by atoms with E-state index >= 15 is 0 Å². The van der Waals surface area contributed by atoms with E-state index in [2.05, 4.69) is 15.6 Å². The second kappa shape index (κ2) is 5.29. The molecule has 1 aromatic rings. The molecule has 3 atom stereocenters. The van der Waals surface area contributed by atoms with Gasteiger partial charge in [0.25, 0.3) is 0 Å². The number of carbonyl (C=O) groups excluding carboxylic acids is 1. The molecule has 0 radical (unpaired) electrons. The Morgan fingerprint density at radius 1 is 1.37 bits per heavy atom. The molecule has 1 aromatic heterocycles. The van der Waals surface area contributed by atoms with Crippen molar-refractivity contribution in [3.63, 3.8) is 0 Å². The van der Waals surface area contributed by atoms with E-state index in [4.69, 9.17) is 0 Å². The average Bonchev–Trinajstić information content (AvgIpc) is 2.85. The van der Waals surface area contributed by atoms with Crippen molar-refractivity contribution in [2.45, 2.75) is 51.1 Å². The molecule has 0 spiro atoms. The zero-order chi connectivity index (χ0) is 13.2. The molecule has 2 fully saturated rings. The van der Waals surface area contributed by atoms with Crippen molar-refractivity contribution in [1.29, 1.82) is 0 Å². The molecule has 2 aliphatic rings. The minimum Gasteiger partial charge on any atom is -0.323 e. The van der Waals surface area contributed by atoms with Crippen LogP contribution in [0.25, 0.3) is 0 Å². The molecule has 2 heterocycles. The molecule has 1 saturated heterocycles. The van der Waals surface area contributed by atoms with Gasteiger partial charge < -0.3 is 10.6 Å². The second-order valence-electron chi connectivity index (χ2n) is 5.78. The maximum absolute atomic E-state index is 12.2. The van der Waals surface area contributed by atoms with Crippen LogP contribution in [0.5, 0.6) is 0 Å². The number of nitrogens with one attached hydrogen (secondary N) is 2. The van der Waals surface area contributed by atoms with Crippen LogP contribution in [0.3, 0.4) is 0 Å². The largest absolute Gasteiger partial charge is 0.323 e. The highest BCUT2D eigenvalue weighted by Crippen LogP contribution is 2.33. The zero-order valence-electron chi connectivity index (χ0n) is 11.4. The van der Waals surface area contributed by atoms with E-state index in [-0.39, 0.29) is 11.9 Å². The third-order valence-electron chi connectivity index (χ3n) is 4.36. The minimum atomic E-state index is -0.0330. The average molecular weight is 259 g/mol. The Morgan fingerprint density at radius 3 is 2.95 bits per heavy atom. The SMILES string of the molecule is Cc1ccc(NC(=O)C2CC3CCCCC3N2)cn1. The molecule has 1 amide bonds. The van der Waals surface area contributed by atoms with Crippen LogP contribution >= 0.6 is 0 Å². The maximum Gasteiger partial charge on any atom is 0.241 e. The summed E-state index contributed by atoms with van der Waals surface area (Å²) in [6, 6.07) is 4.34. The number of aromatic nitrogens is 1. The highest BCUT2D eigenvalue weighted by Gasteiger charge is 2.38. The number of aryl methyl sites for hydroxylation is 1. The van der Waals surface area contributed by atoms with Crippen LogP contribution in [-0.2, 0) is 4.79 Å². The van der Waals surface area contributed by atoms with Crippen molar-refractivity contribution >= 4 is 11.6 Å². The monoisotopic (exact) mass is 259 g/mol. The van der Waals surface area contributed by atoms with Gasteiger partial charge in [0.15, 0.2) is 0 Å². The van der Waals surface area contributed by atoms with Gasteiger partial charge in [-0.15, -0.1) is 0 Å². The van der Waals surface area contributed by atoms with Crippen LogP contribution in [0, 0.1) is 12.8 Å². The minimum absolute atomic E-state index is 0.0330. The molecule has 0 aromatic carbocycles. The Labute approximate surface area is 114 Å². The molecule has 1 saturated carbocycles. The third kappa shape index (κ3) is 2.78. The Bertz CT molecular complexity index is 443. The highest BCUT2D eigenvalue weighted by atomic mass is 16.2. The van der Waals surface area contributed by atoms with Gasteiger partial charge in [0.1, 0.15) is 0 Å². The molecule has 3 rings (SSSR count). The Morgan fingerprint density at radius 2 is 2.21 bits per heavy atom.